The van der Waals surface area contributed by atoms with Gasteiger partial charge in [0.2, 0.25) is 0 Å². The Labute approximate surface area is 160 Å². The number of hydrogen-bond donors (Lipinski definition) is 1. The summed E-state index contributed by atoms with van der Waals surface area (Å²) in [5.74, 6) is 2.37. The van der Waals surface area contributed by atoms with E-state index in [1.54, 1.807) is 13.3 Å². The summed E-state index contributed by atoms with van der Waals surface area (Å²) in [5.41, 5.74) is 1.89. The van der Waals surface area contributed by atoms with E-state index in [0.29, 0.717) is 0 Å². The van der Waals surface area contributed by atoms with Crippen LogP contribution in [0.1, 0.15) is 37.9 Å². The molecule has 136 valence electrons. The van der Waals surface area contributed by atoms with Crippen molar-refractivity contribution in [3.8, 4) is 5.75 Å². The van der Waals surface area contributed by atoms with E-state index in [1.807, 2.05) is 24.3 Å². The van der Waals surface area contributed by atoms with Gasteiger partial charge in [-0.1, -0.05) is 13.3 Å². The molecule has 2 aromatic rings. The Kier molecular flexibility index (Phi) is 5.66. The predicted molar refractivity (Wildman–Crippen MR) is 105 cm³/mol. The molecule has 0 amide bonds. The van der Waals surface area contributed by atoms with Crippen LogP contribution in [0.5, 0.6) is 5.75 Å². The molecule has 0 saturated carbocycles. The number of halogens is 1. The number of methoxy groups -OCH3 is 1. The number of piperidine rings is 3. The van der Waals surface area contributed by atoms with E-state index in [9.17, 15) is 5.11 Å². The minimum Gasteiger partial charge on any atom is -0.497 e. The van der Waals surface area contributed by atoms with Gasteiger partial charge in [0.25, 0.3) is 0 Å². The first-order valence-corrected chi connectivity index (χ1v) is 9.06. The highest BCUT2D eigenvalue weighted by molar-refractivity contribution is 8.93. The van der Waals surface area contributed by atoms with Crippen LogP contribution in [-0.4, -0.2) is 41.2 Å². The van der Waals surface area contributed by atoms with E-state index < -0.39 is 6.10 Å². The zero-order chi connectivity index (χ0) is 16.7. The molecule has 5 rings (SSSR count). The summed E-state index contributed by atoms with van der Waals surface area (Å²) in [6, 6.07) is 8.07. The van der Waals surface area contributed by atoms with Gasteiger partial charge in [-0.15, -0.1) is 17.0 Å². The Bertz CT molecular complexity index is 739. The lowest BCUT2D eigenvalue weighted by Crippen LogP contribution is -2.55. The number of aliphatic hydroxyl groups excluding tert-OH is 1. The van der Waals surface area contributed by atoms with Gasteiger partial charge in [0, 0.05) is 24.2 Å². The summed E-state index contributed by atoms with van der Waals surface area (Å²) in [7, 11) is 1.67. The standard InChI is InChI=1S/C20H26N2O2.BrH/c1-3-13-12-22-9-7-14(13)10-19(22)20(23)16-6-8-21-18-5-4-15(24-2)11-17(16)18;/h4-6,8,11,13-14,19-20,23H,3,7,9-10,12H2,1-2H3;1H/t13-,14+,19-,20+;/m0./s1. The van der Waals surface area contributed by atoms with Gasteiger partial charge in [-0.2, -0.15) is 0 Å². The Hall–Kier alpha value is -1.17. The van der Waals surface area contributed by atoms with Crippen molar-refractivity contribution in [2.75, 3.05) is 20.2 Å². The molecule has 1 aromatic heterocycles. The van der Waals surface area contributed by atoms with E-state index in [4.69, 9.17) is 4.74 Å². The molecule has 1 N–H and O–H groups in total. The van der Waals surface area contributed by atoms with Crippen LogP contribution in [0, 0.1) is 11.8 Å². The summed E-state index contributed by atoms with van der Waals surface area (Å²) < 4.78 is 5.36. The van der Waals surface area contributed by atoms with Crippen LogP contribution in [0.25, 0.3) is 10.9 Å². The van der Waals surface area contributed by atoms with Crippen LogP contribution >= 0.6 is 17.0 Å². The molecule has 0 aliphatic carbocycles. The van der Waals surface area contributed by atoms with Crippen LogP contribution in [0.2, 0.25) is 0 Å². The van der Waals surface area contributed by atoms with Crippen LogP contribution in [0.3, 0.4) is 0 Å². The molecule has 3 aliphatic heterocycles. The third-order valence-electron chi connectivity index (χ3n) is 6.13. The van der Waals surface area contributed by atoms with Crippen LogP contribution in [0.4, 0.5) is 0 Å². The summed E-state index contributed by atoms with van der Waals surface area (Å²) in [6.45, 7) is 4.55. The Morgan fingerprint density at radius 3 is 2.88 bits per heavy atom. The number of aliphatic hydroxyl groups is 1. The van der Waals surface area contributed by atoms with Gasteiger partial charge < -0.3 is 9.84 Å². The van der Waals surface area contributed by atoms with Gasteiger partial charge in [0.05, 0.1) is 18.7 Å². The molecule has 0 radical (unpaired) electrons. The first-order valence-electron chi connectivity index (χ1n) is 9.06. The first-order chi connectivity index (χ1) is 11.7. The SMILES string of the molecule is Br.CC[C@H]1CN2CC[C@@H]1C[C@H]2[C@H](O)c1ccnc2ccc(OC)cc12. The third-order valence-corrected chi connectivity index (χ3v) is 6.13. The molecule has 3 aliphatic rings. The number of hydrogen-bond acceptors (Lipinski definition) is 4. The predicted octanol–water partition coefficient (Wildman–Crippen LogP) is 3.98. The third kappa shape index (κ3) is 3.29. The molecule has 3 saturated heterocycles. The average molecular weight is 407 g/mol. The number of fused-ring (bicyclic) bond motifs is 4. The molecule has 1 unspecified atom stereocenters. The summed E-state index contributed by atoms with van der Waals surface area (Å²) in [4.78, 5) is 6.94. The van der Waals surface area contributed by atoms with Crippen LogP contribution < -0.4 is 4.74 Å². The van der Waals surface area contributed by atoms with E-state index in [1.165, 1.54) is 12.8 Å². The smallest absolute Gasteiger partial charge is 0.119 e. The maximum Gasteiger partial charge on any atom is 0.119 e. The van der Waals surface area contributed by atoms with Crippen molar-refractivity contribution in [3.63, 3.8) is 0 Å². The molecular formula is C20H27BrN2O2. The van der Waals surface area contributed by atoms with Crippen molar-refractivity contribution in [2.24, 2.45) is 11.8 Å². The topological polar surface area (TPSA) is 45.6 Å². The Morgan fingerprint density at radius 2 is 2.20 bits per heavy atom. The van der Waals surface area contributed by atoms with E-state index >= 15 is 0 Å². The minimum absolute atomic E-state index is 0. The number of pyridine rings is 1. The normalized spacial score (nSPS) is 29.2. The largest absolute Gasteiger partial charge is 0.497 e. The van der Waals surface area contributed by atoms with Crippen molar-refractivity contribution >= 4 is 27.9 Å². The number of ether oxygens (including phenoxy) is 1. The quantitative estimate of drug-likeness (QED) is 0.833. The van der Waals surface area contributed by atoms with E-state index in [2.05, 4.69) is 16.8 Å². The number of aromatic nitrogens is 1. The van der Waals surface area contributed by atoms with Gasteiger partial charge >= 0.3 is 0 Å². The molecule has 4 heterocycles. The average Bonchev–Trinajstić information content (AvgIpc) is 2.66. The summed E-state index contributed by atoms with van der Waals surface area (Å²) in [6.07, 6.45) is 4.97. The van der Waals surface area contributed by atoms with Crippen LogP contribution in [-0.2, 0) is 0 Å². The Balaban J connectivity index is 0.00000182. The molecule has 1 aromatic carbocycles. The molecular weight excluding hydrogens is 380 g/mol. The van der Waals surface area contributed by atoms with Crippen LogP contribution in [0.15, 0.2) is 30.5 Å². The zero-order valence-corrected chi connectivity index (χ0v) is 16.6. The molecule has 25 heavy (non-hydrogen) atoms. The fraction of sp³-hybridized carbons (Fsp3) is 0.550. The van der Waals surface area contributed by atoms with Crippen molar-refractivity contribution in [2.45, 2.75) is 38.3 Å². The fourth-order valence-electron chi connectivity index (χ4n) is 4.71. The van der Waals surface area contributed by atoms with Gasteiger partial charge in [-0.25, -0.2) is 0 Å². The first kappa shape index (κ1) is 18.6. The second-order valence-corrected chi connectivity index (χ2v) is 7.24. The highest BCUT2D eigenvalue weighted by Gasteiger charge is 2.42. The van der Waals surface area contributed by atoms with Crippen molar-refractivity contribution < 1.29 is 9.84 Å². The molecule has 4 nitrogen and oxygen atoms in total. The van der Waals surface area contributed by atoms with Crippen molar-refractivity contribution in [1.82, 2.24) is 9.88 Å². The van der Waals surface area contributed by atoms with Gasteiger partial charge in [-0.3, -0.25) is 9.88 Å². The van der Waals surface area contributed by atoms with E-state index in [-0.39, 0.29) is 23.0 Å². The van der Waals surface area contributed by atoms with Gasteiger partial charge in [0.15, 0.2) is 0 Å². The summed E-state index contributed by atoms with van der Waals surface area (Å²) in [5, 5.41) is 12.2. The minimum atomic E-state index is -0.469. The lowest BCUT2D eigenvalue weighted by molar-refractivity contribution is -0.0562. The lowest BCUT2D eigenvalue weighted by Gasteiger charge is -2.51. The second kappa shape index (κ2) is 7.60. The second-order valence-electron chi connectivity index (χ2n) is 7.24. The van der Waals surface area contributed by atoms with Crippen molar-refractivity contribution in [3.05, 3.63) is 36.0 Å². The fourth-order valence-corrected chi connectivity index (χ4v) is 4.71. The number of benzene rings is 1. The number of rotatable bonds is 4. The maximum absolute atomic E-state index is 11.2. The maximum atomic E-state index is 11.2. The zero-order valence-electron chi connectivity index (χ0n) is 14.9. The molecule has 0 spiro atoms. The van der Waals surface area contributed by atoms with E-state index in [0.717, 1.165) is 53.6 Å². The van der Waals surface area contributed by atoms with Gasteiger partial charge in [0.1, 0.15) is 5.75 Å². The number of nitrogens with zero attached hydrogens (tertiary/aromatic N) is 2. The molecule has 5 atom stereocenters. The Morgan fingerprint density at radius 1 is 1.36 bits per heavy atom. The monoisotopic (exact) mass is 406 g/mol. The summed E-state index contributed by atoms with van der Waals surface area (Å²) >= 11 is 0. The highest BCUT2D eigenvalue weighted by Crippen LogP contribution is 2.42. The molecule has 5 heteroatoms. The van der Waals surface area contributed by atoms with Crippen molar-refractivity contribution in [1.29, 1.82) is 0 Å². The molecule has 2 bridgehead atoms. The van der Waals surface area contributed by atoms with Gasteiger partial charge in [-0.05, 0) is 61.1 Å². The molecule has 3 fully saturated rings. The highest BCUT2D eigenvalue weighted by atomic mass is 79.9. The lowest BCUT2D eigenvalue weighted by atomic mass is 9.72.